The minimum atomic E-state index is -3.57. The minimum absolute atomic E-state index is 0.0897. The van der Waals surface area contributed by atoms with Crippen molar-refractivity contribution in [2.45, 2.75) is 19.5 Å². The number of para-hydroxylation sites is 1. The van der Waals surface area contributed by atoms with Gasteiger partial charge in [-0.1, -0.05) is 41.9 Å². The van der Waals surface area contributed by atoms with Gasteiger partial charge in [0.25, 0.3) is 0 Å². The Morgan fingerprint density at radius 2 is 1.81 bits per heavy atom. The van der Waals surface area contributed by atoms with Gasteiger partial charge in [0.2, 0.25) is 15.9 Å². The van der Waals surface area contributed by atoms with Crippen LogP contribution < -0.4 is 10.1 Å². The first-order valence-corrected chi connectivity index (χ1v) is 10.5. The van der Waals surface area contributed by atoms with Crippen LogP contribution in [0.5, 0.6) is 5.75 Å². The smallest absolute Gasteiger partial charge is 0.235 e. The van der Waals surface area contributed by atoms with E-state index < -0.39 is 15.9 Å². The van der Waals surface area contributed by atoms with Crippen LogP contribution in [-0.4, -0.2) is 38.5 Å². The number of amides is 1. The molecule has 8 heteroatoms. The van der Waals surface area contributed by atoms with E-state index in [1.807, 2.05) is 25.1 Å². The Kier molecular flexibility index (Phi) is 7.24. The Hall–Kier alpha value is -2.09. The van der Waals surface area contributed by atoms with E-state index in [9.17, 15) is 13.2 Å². The molecule has 0 aliphatic rings. The molecular weight excluding hydrogens is 388 g/mol. The van der Waals surface area contributed by atoms with Crippen molar-refractivity contribution < 1.29 is 17.9 Å². The van der Waals surface area contributed by atoms with Gasteiger partial charge in [0.05, 0.1) is 26.0 Å². The zero-order valence-corrected chi connectivity index (χ0v) is 17.0. The van der Waals surface area contributed by atoms with Crippen molar-refractivity contribution in [2.24, 2.45) is 0 Å². The summed E-state index contributed by atoms with van der Waals surface area (Å²) < 4.78 is 30.6. The highest BCUT2D eigenvalue weighted by atomic mass is 35.5. The minimum Gasteiger partial charge on any atom is -0.496 e. The zero-order valence-electron chi connectivity index (χ0n) is 15.5. The maximum Gasteiger partial charge on any atom is 0.235 e. The van der Waals surface area contributed by atoms with Crippen molar-refractivity contribution in [3.63, 3.8) is 0 Å². The molecule has 2 aromatic rings. The summed E-state index contributed by atoms with van der Waals surface area (Å²) in [6.07, 6.45) is 1.08. The van der Waals surface area contributed by atoms with Gasteiger partial charge in [0.15, 0.2) is 0 Å². The molecule has 6 nitrogen and oxygen atoms in total. The number of nitrogens with zero attached hydrogens (tertiary/aromatic N) is 1. The lowest BCUT2D eigenvalue weighted by molar-refractivity contribution is -0.122. The molecule has 27 heavy (non-hydrogen) atoms. The molecule has 0 saturated heterocycles. The Balaban J connectivity index is 2.08. The highest BCUT2D eigenvalue weighted by molar-refractivity contribution is 7.88. The Bertz CT molecular complexity index is 885. The average molecular weight is 411 g/mol. The van der Waals surface area contributed by atoms with Gasteiger partial charge in [-0.2, -0.15) is 4.31 Å². The van der Waals surface area contributed by atoms with Gasteiger partial charge in [-0.15, -0.1) is 0 Å². The van der Waals surface area contributed by atoms with Gasteiger partial charge >= 0.3 is 0 Å². The quantitative estimate of drug-likeness (QED) is 0.725. The number of halogens is 1. The van der Waals surface area contributed by atoms with Gasteiger partial charge in [0.1, 0.15) is 5.75 Å². The Morgan fingerprint density at radius 3 is 2.41 bits per heavy atom. The lowest BCUT2D eigenvalue weighted by atomic mass is 10.1. The van der Waals surface area contributed by atoms with Crippen molar-refractivity contribution in [2.75, 3.05) is 19.9 Å². The van der Waals surface area contributed by atoms with E-state index in [0.29, 0.717) is 10.8 Å². The molecule has 0 heterocycles. The van der Waals surface area contributed by atoms with Crippen molar-refractivity contribution in [1.82, 2.24) is 9.62 Å². The van der Waals surface area contributed by atoms with Gasteiger partial charge in [0, 0.05) is 17.1 Å². The van der Waals surface area contributed by atoms with E-state index in [1.54, 1.807) is 37.4 Å². The van der Waals surface area contributed by atoms with Crippen LogP contribution in [0.25, 0.3) is 0 Å². The number of nitrogens with one attached hydrogen (secondary N) is 1. The summed E-state index contributed by atoms with van der Waals surface area (Å²) in [6, 6.07) is 13.9. The SMILES string of the molecule is COc1ccccc1[C@H](C)NC(=O)CN(Cc1ccc(Cl)cc1)S(C)(=O)=O. The van der Waals surface area contributed by atoms with Crippen molar-refractivity contribution >= 4 is 27.5 Å². The first-order chi connectivity index (χ1) is 12.7. The van der Waals surface area contributed by atoms with Crippen LogP contribution in [-0.2, 0) is 21.4 Å². The van der Waals surface area contributed by atoms with Crippen LogP contribution in [0.3, 0.4) is 0 Å². The second-order valence-electron chi connectivity index (χ2n) is 6.19. The number of ether oxygens (including phenoxy) is 1. The molecule has 2 aromatic carbocycles. The molecule has 0 aliphatic heterocycles. The molecule has 1 amide bonds. The summed E-state index contributed by atoms with van der Waals surface area (Å²) in [5, 5.41) is 3.39. The lowest BCUT2D eigenvalue weighted by Gasteiger charge is -2.22. The monoisotopic (exact) mass is 410 g/mol. The molecule has 0 unspecified atom stereocenters. The van der Waals surface area contributed by atoms with Crippen LogP contribution in [0.15, 0.2) is 48.5 Å². The molecule has 0 fully saturated rings. The van der Waals surface area contributed by atoms with Crippen molar-refractivity contribution in [1.29, 1.82) is 0 Å². The number of sulfonamides is 1. The van der Waals surface area contributed by atoms with Crippen molar-refractivity contribution in [3.05, 3.63) is 64.7 Å². The summed E-state index contributed by atoms with van der Waals surface area (Å²) in [5.41, 5.74) is 1.56. The summed E-state index contributed by atoms with van der Waals surface area (Å²) in [5.74, 6) is 0.263. The summed E-state index contributed by atoms with van der Waals surface area (Å²) in [6.45, 7) is 1.63. The van der Waals surface area contributed by atoms with Crippen LogP contribution in [0.2, 0.25) is 5.02 Å². The number of hydrogen-bond donors (Lipinski definition) is 1. The molecule has 1 N–H and O–H groups in total. The average Bonchev–Trinajstić information content (AvgIpc) is 2.62. The van der Waals surface area contributed by atoms with Crippen LogP contribution >= 0.6 is 11.6 Å². The normalized spacial score (nSPS) is 12.6. The van der Waals surface area contributed by atoms with Gasteiger partial charge in [-0.3, -0.25) is 4.79 Å². The number of carbonyl (C=O) groups is 1. The fourth-order valence-electron chi connectivity index (χ4n) is 2.63. The molecule has 0 radical (unpaired) electrons. The molecule has 2 rings (SSSR count). The summed E-state index contributed by atoms with van der Waals surface area (Å²) in [4.78, 5) is 12.4. The highest BCUT2D eigenvalue weighted by Crippen LogP contribution is 2.24. The predicted molar refractivity (Wildman–Crippen MR) is 106 cm³/mol. The van der Waals surface area contributed by atoms with Crippen LogP contribution in [0, 0.1) is 0 Å². The lowest BCUT2D eigenvalue weighted by Crippen LogP contribution is -2.40. The fourth-order valence-corrected chi connectivity index (χ4v) is 3.49. The van der Waals surface area contributed by atoms with E-state index in [0.717, 1.165) is 21.7 Å². The van der Waals surface area contributed by atoms with Crippen LogP contribution in [0.1, 0.15) is 24.1 Å². The second-order valence-corrected chi connectivity index (χ2v) is 8.61. The van der Waals surface area contributed by atoms with Gasteiger partial charge in [-0.05, 0) is 30.7 Å². The molecule has 0 bridgehead atoms. The largest absolute Gasteiger partial charge is 0.496 e. The third kappa shape index (κ3) is 6.23. The summed E-state index contributed by atoms with van der Waals surface area (Å²) in [7, 11) is -2.01. The predicted octanol–water partition coefficient (Wildman–Crippen LogP) is 2.99. The number of hydrogen-bond acceptors (Lipinski definition) is 4. The van der Waals surface area contributed by atoms with E-state index >= 15 is 0 Å². The standard InChI is InChI=1S/C19H23ClN2O4S/c1-14(17-6-4-5-7-18(17)26-2)21-19(23)13-22(27(3,24)25)12-15-8-10-16(20)11-9-15/h4-11,14H,12-13H2,1-3H3,(H,21,23)/t14-/m0/s1. The highest BCUT2D eigenvalue weighted by Gasteiger charge is 2.22. The van der Waals surface area contributed by atoms with Gasteiger partial charge in [-0.25, -0.2) is 8.42 Å². The first-order valence-electron chi connectivity index (χ1n) is 8.32. The van der Waals surface area contributed by atoms with Crippen LogP contribution in [0.4, 0.5) is 0 Å². The first kappa shape index (κ1) is 21.2. The fraction of sp³-hybridized carbons (Fsp3) is 0.316. The molecule has 1 atom stereocenters. The Morgan fingerprint density at radius 1 is 1.19 bits per heavy atom. The number of methoxy groups -OCH3 is 1. The van der Waals surface area contributed by atoms with E-state index in [1.165, 1.54) is 0 Å². The van der Waals surface area contributed by atoms with E-state index in [-0.39, 0.29) is 19.1 Å². The number of benzene rings is 2. The third-order valence-electron chi connectivity index (χ3n) is 4.04. The topological polar surface area (TPSA) is 75.7 Å². The second kappa shape index (κ2) is 9.21. The third-order valence-corrected chi connectivity index (χ3v) is 5.49. The van der Waals surface area contributed by atoms with E-state index in [2.05, 4.69) is 5.32 Å². The Labute approximate surface area is 165 Å². The molecule has 146 valence electrons. The molecule has 0 saturated carbocycles. The van der Waals surface area contributed by atoms with Crippen molar-refractivity contribution in [3.8, 4) is 5.75 Å². The van der Waals surface area contributed by atoms with E-state index in [4.69, 9.17) is 16.3 Å². The molecule has 0 aliphatic carbocycles. The number of carbonyl (C=O) groups excluding carboxylic acids is 1. The molecular formula is C19H23ClN2O4S. The maximum absolute atomic E-state index is 12.4. The zero-order chi connectivity index (χ0) is 20.0. The maximum atomic E-state index is 12.4. The molecule has 0 aromatic heterocycles. The molecule has 0 spiro atoms. The summed E-state index contributed by atoms with van der Waals surface area (Å²) >= 11 is 5.86. The number of rotatable bonds is 8. The van der Waals surface area contributed by atoms with Gasteiger partial charge < -0.3 is 10.1 Å².